The SMILES string of the molecule is COP(=O)(O)OCCCCCCCCCCCN=[N+]=[N-]. The quantitative estimate of drug-likeness (QED) is 0.167. The molecule has 1 atom stereocenters. The Hall–Kier alpha value is -0.580. The third kappa shape index (κ3) is 13.8. The minimum Gasteiger partial charge on any atom is -0.303 e. The van der Waals surface area contributed by atoms with Gasteiger partial charge in [0, 0.05) is 18.6 Å². The molecular weight excluding hydrogens is 281 g/mol. The van der Waals surface area contributed by atoms with Crippen LogP contribution in [0, 0.1) is 0 Å². The highest BCUT2D eigenvalue weighted by atomic mass is 31.2. The Balaban J connectivity index is 3.13. The molecule has 0 rings (SSSR count). The van der Waals surface area contributed by atoms with Gasteiger partial charge in [-0.05, 0) is 18.4 Å². The van der Waals surface area contributed by atoms with Crippen LogP contribution in [0.1, 0.15) is 57.8 Å². The predicted molar refractivity (Wildman–Crippen MR) is 78.4 cm³/mol. The van der Waals surface area contributed by atoms with Gasteiger partial charge < -0.3 is 4.89 Å². The molecule has 1 unspecified atom stereocenters. The standard InChI is InChI=1S/C12H26N3O4P/c1-18-20(16,17)19-12-10-8-6-4-2-3-5-7-9-11-14-15-13/h2-12H2,1H3,(H,16,17). The molecule has 0 aromatic heterocycles. The van der Waals surface area contributed by atoms with Crippen LogP contribution in [0.15, 0.2) is 5.11 Å². The molecule has 0 aliphatic rings. The number of unbranched alkanes of at least 4 members (excludes halogenated alkanes) is 8. The number of hydrogen-bond donors (Lipinski definition) is 1. The van der Waals surface area contributed by atoms with Crippen LogP contribution in [-0.4, -0.2) is 25.2 Å². The van der Waals surface area contributed by atoms with Gasteiger partial charge in [0.2, 0.25) is 0 Å². The van der Waals surface area contributed by atoms with Gasteiger partial charge in [-0.15, -0.1) is 0 Å². The van der Waals surface area contributed by atoms with Crippen molar-refractivity contribution in [2.24, 2.45) is 5.11 Å². The highest BCUT2D eigenvalue weighted by molar-refractivity contribution is 7.47. The van der Waals surface area contributed by atoms with Crippen molar-refractivity contribution in [3.05, 3.63) is 10.4 Å². The topological polar surface area (TPSA) is 105 Å². The summed E-state index contributed by atoms with van der Waals surface area (Å²) in [5.74, 6) is 0. The van der Waals surface area contributed by atoms with Gasteiger partial charge in [0.1, 0.15) is 0 Å². The van der Waals surface area contributed by atoms with Crippen LogP contribution in [0.25, 0.3) is 10.4 Å². The Bertz CT molecular complexity index is 322. The second-order valence-corrected chi connectivity index (χ2v) is 6.18. The van der Waals surface area contributed by atoms with Crippen molar-refractivity contribution < 1.29 is 18.5 Å². The summed E-state index contributed by atoms with van der Waals surface area (Å²) < 4.78 is 20.0. The van der Waals surface area contributed by atoms with Crippen LogP contribution in [0.3, 0.4) is 0 Å². The van der Waals surface area contributed by atoms with E-state index in [2.05, 4.69) is 14.5 Å². The van der Waals surface area contributed by atoms with E-state index in [1.54, 1.807) is 0 Å². The lowest BCUT2D eigenvalue weighted by molar-refractivity contribution is 0.170. The van der Waals surface area contributed by atoms with Crippen LogP contribution in [0.5, 0.6) is 0 Å². The van der Waals surface area contributed by atoms with E-state index in [9.17, 15) is 4.57 Å². The highest BCUT2D eigenvalue weighted by Crippen LogP contribution is 2.41. The monoisotopic (exact) mass is 307 g/mol. The Morgan fingerprint density at radius 3 is 2.05 bits per heavy atom. The predicted octanol–water partition coefficient (Wildman–Crippen LogP) is 4.57. The van der Waals surface area contributed by atoms with Crippen molar-refractivity contribution in [1.82, 2.24) is 0 Å². The van der Waals surface area contributed by atoms with E-state index in [0.717, 1.165) is 39.2 Å². The molecule has 0 saturated heterocycles. The van der Waals surface area contributed by atoms with E-state index in [0.29, 0.717) is 6.54 Å². The molecule has 0 saturated carbocycles. The smallest absolute Gasteiger partial charge is 0.303 e. The van der Waals surface area contributed by atoms with Crippen molar-refractivity contribution in [2.45, 2.75) is 57.8 Å². The lowest BCUT2D eigenvalue weighted by Gasteiger charge is -2.08. The summed E-state index contributed by atoms with van der Waals surface area (Å²) in [5, 5.41) is 3.49. The Labute approximate surface area is 120 Å². The number of rotatable bonds is 14. The third-order valence-electron chi connectivity index (χ3n) is 2.95. The summed E-state index contributed by atoms with van der Waals surface area (Å²) in [6, 6.07) is 0. The first kappa shape index (κ1) is 19.4. The van der Waals surface area contributed by atoms with E-state index in [1.807, 2.05) is 0 Å². The van der Waals surface area contributed by atoms with Crippen LogP contribution in [0.2, 0.25) is 0 Å². The van der Waals surface area contributed by atoms with Crippen molar-refractivity contribution in [2.75, 3.05) is 20.3 Å². The first-order valence-electron chi connectivity index (χ1n) is 7.16. The van der Waals surface area contributed by atoms with Gasteiger partial charge in [0.05, 0.1) is 6.61 Å². The fraction of sp³-hybridized carbons (Fsp3) is 1.00. The van der Waals surface area contributed by atoms with Gasteiger partial charge in [-0.2, -0.15) is 0 Å². The molecule has 0 fully saturated rings. The Kier molecular flexibility index (Phi) is 13.0. The first-order valence-corrected chi connectivity index (χ1v) is 8.66. The maximum atomic E-state index is 11.0. The molecule has 0 aromatic carbocycles. The maximum Gasteiger partial charge on any atom is 0.471 e. The first-order chi connectivity index (χ1) is 9.62. The summed E-state index contributed by atoms with van der Waals surface area (Å²) in [6.07, 6.45) is 9.77. The molecule has 0 aliphatic carbocycles. The average Bonchev–Trinajstić information content (AvgIpc) is 2.44. The summed E-state index contributed by atoms with van der Waals surface area (Å²) in [5.41, 5.74) is 8.10. The largest absolute Gasteiger partial charge is 0.471 e. The second-order valence-electron chi connectivity index (χ2n) is 4.62. The average molecular weight is 307 g/mol. The zero-order valence-corrected chi connectivity index (χ0v) is 13.1. The molecule has 0 spiro atoms. The van der Waals surface area contributed by atoms with Crippen molar-refractivity contribution in [3.63, 3.8) is 0 Å². The summed E-state index contributed by atoms with van der Waals surface area (Å²) in [7, 11) is -2.63. The molecule has 0 radical (unpaired) electrons. The maximum absolute atomic E-state index is 11.0. The number of phosphoric ester groups is 1. The zero-order chi connectivity index (χ0) is 15.1. The third-order valence-corrected chi connectivity index (χ3v) is 3.92. The molecule has 0 amide bonds. The molecule has 8 heteroatoms. The molecule has 0 aromatic rings. The normalized spacial score (nSPS) is 13.7. The molecule has 20 heavy (non-hydrogen) atoms. The Morgan fingerprint density at radius 1 is 1.05 bits per heavy atom. The molecule has 0 bridgehead atoms. The van der Waals surface area contributed by atoms with Gasteiger partial charge in [0.15, 0.2) is 0 Å². The van der Waals surface area contributed by atoms with Crippen molar-refractivity contribution in [1.29, 1.82) is 0 Å². The zero-order valence-electron chi connectivity index (χ0n) is 12.2. The van der Waals surface area contributed by atoms with Crippen LogP contribution < -0.4 is 0 Å². The number of hydrogen-bond acceptors (Lipinski definition) is 4. The van der Waals surface area contributed by atoms with E-state index < -0.39 is 7.82 Å². The van der Waals surface area contributed by atoms with Gasteiger partial charge in [-0.3, -0.25) is 9.05 Å². The molecule has 1 N–H and O–H groups in total. The summed E-state index contributed by atoms with van der Waals surface area (Å²) >= 11 is 0. The molecule has 118 valence electrons. The number of nitrogens with zero attached hydrogens (tertiary/aromatic N) is 3. The van der Waals surface area contributed by atoms with Crippen LogP contribution in [0.4, 0.5) is 0 Å². The van der Waals surface area contributed by atoms with Gasteiger partial charge >= 0.3 is 7.82 Å². The minimum atomic E-state index is -3.79. The van der Waals surface area contributed by atoms with E-state index in [-0.39, 0.29) is 6.61 Å². The molecule has 7 nitrogen and oxygen atoms in total. The summed E-state index contributed by atoms with van der Waals surface area (Å²) in [4.78, 5) is 11.7. The minimum absolute atomic E-state index is 0.265. The van der Waals surface area contributed by atoms with Crippen LogP contribution >= 0.6 is 7.82 Å². The van der Waals surface area contributed by atoms with Gasteiger partial charge in [-0.1, -0.05) is 50.1 Å². The van der Waals surface area contributed by atoms with E-state index in [4.69, 9.17) is 14.9 Å². The fourth-order valence-corrected chi connectivity index (χ4v) is 2.26. The fourth-order valence-electron chi connectivity index (χ4n) is 1.80. The lowest BCUT2D eigenvalue weighted by Crippen LogP contribution is -1.94. The molecular formula is C12H26N3O4P. The van der Waals surface area contributed by atoms with Crippen LogP contribution in [-0.2, 0) is 13.6 Å². The van der Waals surface area contributed by atoms with Crippen molar-refractivity contribution in [3.8, 4) is 0 Å². The number of phosphoric acid groups is 1. The number of azide groups is 1. The summed E-state index contributed by atoms with van der Waals surface area (Å²) in [6.45, 7) is 0.869. The highest BCUT2D eigenvalue weighted by Gasteiger charge is 2.17. The van der Waals surface area contributed by atoms with Gasteiger partial charge in [-0.25, -0.2) is 4.57 Å². The lowest BCUT2D eigenvalue weighted by atomic mass is 10.1. The molecule has 0 aliphatic heterocycles. The molecule has 0 heterocycles. The van der Waals surface area contributed by atoms with E-state index in [1.165, 1.54) is 25.7 Å². The second kappa shape index (κ2) is 13.4. The van der Waals surface area contributed by atoms with Crippen molar-refractivity contribution >= 4 is 7.82 Å². The van der Waals surface area contributed by atoms with E-state index >= 15 is 0 Å². The van der Waals surface area contributed by atoms with Gasteiger partial charge in [0.25, 0.3) is 0 Å². The Morgan fingerprint density at radius 2 is 1.55 bits per heavy atom.